The third-order valence-electron chi connectivity index (χ3n) is 3.10. The quantitative estimate of drug-likeness (QED) is 0.884. The number of ether oxygens (including phenoxy) is 1. The van der Waals surface area contributed by atoms with Gasteiger partial charge in [0.2, 0.25) is 0 Å². The Labute approximate surface area is 107 Å². The Morgan fingerprint density at radius 2 is 2.11 bits per heavy atom. The fourth-order valence-electron chi connectivity index (χ4n) is 1.73. The van der Waals surface area contributed by atoms with E-state index in [1.807, 2.05) is 6.07 Å². The number of nitriles is 1. The van der Waals surface area contributed by atoms with E-state index in [1.165, 1.54) is 6.42 Å². The molecule has 0 aromatic heterocycles. The summed E-state index contributed by atoms with van der Waals surface area (Å²) in [5, 5.41) is 11.4. The first-order chi connectivity index (χ1) is 8.69. The first-order valence-corrected chi connectivity index (χ1v) is 6.15. The first-order valence-electron chi connectivity index (χ1n) is 6.15. The van der Waals surface area contributed by atoms with E-state index in [-0.39, 0.29) is 12.0 Å². The summed E-state index contributed by atoms with van der Waals surface area (Å²) in [6, 6.07) is 8.81. The van der Waals surface area contributed by atoms with Gasteiger partial charge in [0.1, 0.15) is 6.10 Å². The van der Waals surface area contributed by atoms with Gasteiger partial charge in [0.05, 0.1) is 17.7 Å². The van der Waals surface area contributed by atoms with E-state index in [2.05, 4.69) is 5.32 Å². The highest BCUT2D eigenvalue weighted by atomic mass is 16.5. The van der Waals surface area contributed by atoms with Crippen LogP contribution in [0.2, 0.25) is 0 Å². The topological polar surface area (TPSA) is 62.1 Å². The largest absolute Gasteiger partial charge is 0.365 e. The van der Waals surface area contributed by atoms with Crippen LogP contribution in [-0.4, -0.2) is 18.1 Å². The zero-order valence-electron chi connectivity index (χ0n) is 10.3. The fourth-order valence-corrected chi connectivity index (χ4v) is 1.73. The number of carbonyl (C=O) groups excluding carboxylic acids is 1. The second-order valence-corrected chi connectivity index (χ2v) is 4.51. The first kappa shape index (κ1) is 12.6. The molecule has 1 aliphatic carbocycles. The van der Waals surface area contributed by atoms with Gasteiger partial charge in [0.15, 0.2) is 0 Å². The van der Waals surface area contributed by atoms with Gasteiger partial charge in [0, 0.05) is 5.69 Å². The van der Waals surface area contributed by atoms with Crippen LogP contribution in [0.1, 0.15) is 31.7 Å². The van der Waals surface area contributed by atoms with Gasteiger partial charge >= 0.3 is 0 Å². The van der Waals surface area contributed by atoms with Crippen molar-refractivity contribution in [1.82, 2.24) is 0 Å². The second kappa shape index (κ2) is 5.65. The number of hydrogen-bond donors (Lipinski definition) is 1. The van der Waals surface area contributed by atoms with E-state index >= 15 is 0 Å². The zero-order chi connectivity index (χ0) is 13.0. The van der Waals surface area contributed by atoms with E-state index in [0.29, 0.717) is 11.3 Å². The van der Waals surface area contributed by atoms with E-state index in [9.17, 15) is 4.79 Å². The molecule has 4 nitrogen and oxygen atoms in total. The van der Waals surface area contributed by atoms with Gasteiger partial charge in [-0.2, -0.15) is 5.26 Å². The highest BCUT2D eigenvalue weighted by molar-refractivity contribution is 5.93. The molecule has 1 aromatic rings. The summed E-state index contributed by atoms with van der Waals surface area (Å²) in [4.78, 5) is 11.8. The Morgan fingerprint density at radius 3 is 2.61 bits per heavy atom. The predicted octanol–water partition coefficient (Wildman–Crippen LogP) is 2.45. The summed E-state index contributed by atoms with van der Waals surface area (Å²) in [7, 11) is 0. The zero-order valence-corrected chi connectivity index (χ0v) is 10.3. The number of amides is 1. The maximum atomic E-state index is 11.8. The number of hydrogen-bond acceptors (Lipinski definition) is 3. The van der Waals surface area contributed by atoms with E-state index < -0.39 is 6.10 Å². The minimum atomic E-state index is -0.439. The average molecular weight is 244 g/mol. The number of rotatable bonds is 4. The highest BCUT2D eigenvalue weighted by Gasteiger charge is 2.23. The summed E-state index contributed by atoms with van der Waals surface area (Å²) in [5.74, 6) is -0.147. The lowest BCUT2D eigenvalue weighted by atomic mass is 9.96. The Kier molecular flexibility index (Phi) is 3.96. The van der Waals surface area contributed by atoms with Crippen molar-refractivity contribution in [3.63, 3.8) is 0 Å². The van der Waals surface area contributed by atoms with Crippen molar-refractivity contribution in [3.8, 4) is 6.07 Å². The van der Waals surface area contributed by atoms with Crippen LogP contribution >= 0.6 is 0 Å². The van der Waals surface area contributed by atoms with E-state index in [0.717, 1.165) is 12.8 Å². The second-order valence-electron chi connectivity index (χ2n) is 4.51. The molecule has 0 aliphatic heterocycles. The molecule has 4 heteroatoms. The molecule has 94 valence electrons. The molecule has 18 heavy (non-hydrogen) atoms. The molecule has 1 aliphatic rings. The number of nitrogens with one attached hydrogen (secondary N) is 1. The molecule has 0 heterocycles. The summed E-state index contributed by atoms with van der Waals surface area (Å²) in [6.45, 7) is 1.76. The molecule has 0 bridgehead atoms. The van der Waals surface area contributed by atoms with Crippen LogP contribution in [0.4, 0.5) is 5.69 Å². The number of nitrogens with zero attached hydrogens (tertiary/aromatic N) is 1. The lowest BCUT2D eigenvalue weighted by Gasteiger charge is -2.28. The van der Waals surface area contributed by atoms with Crippen LogP contribution in [-0.2, 0) is 9.53 Å². The molecule has 1 atom stereocenters. The molecule has 2 rings (SSSR count). The maximum absolute atomic E-state index is 11.8. The van der Waals surface area contributed by atoms with Crippen LogP contribution < -0.4 is 5.32 Å². The fraction of sp³-hybridized carbons (Fsp3) is 0.429. The summed E-state index contributed by atoms with van der Waals surface area (Å²) in [5.41, 5.74) is 1.26. The van der Waals surface area contributed by atoms with Crippen molar-refractivity contribution in [2.24, 2.45) is 0 Å². The molecule has 0 saturated heterocycles. The Balaban J connectivity index is 1.87. The third-order valence-corrected chi connectivity index (χ3v) is 3.10. The Hall–Kier alpha value is -1.86. The van der Waals surface area contributed by atoms with Gasteiger partial charge < -0.3 is 10.1 Å². The smallest absolute Gasteiger partial charge is 0.253 e. The normalized spacial score (nSPS) is 16.4. The molecule has 1 aromatic carbocycles. The van der Waals surface area contributed by atoms with Crippen LogP contribution in [0.3, 0.4) is 0 Å². The Bertz CT molecular complexity index is 458. The van der Waals surface area contributed by atoms with Crippen LogP contribution in [0.15, 0.2) is 24.3 Å². The molecule has 0 spiro atoms. The number of benzene rings is 1. The molecule has 1 amide bonds. The number of anilines is 1. The van der Waals surface area contributed by atoms with Gasteiger partial charge in [-0.1, -0.05) is 0 Å². The lowest BCUT2D eigenvalue weighted by Crippen LogP contribution is -2.34. The molecule has 1 fully saturated rings. The van der Waals surface area contributed by atoms with Gasteiger partial charge in [-0.15, -0.1) is 0 Å². The maximum Gasteiger partial charge on any atom is 0.253 e. The van der Waals surface area contributed by atoms with E-state index in [4.69, 9.17) is 10.00 Å². The SMILES string of the molecule is CC(OC1CCC1)C(=O)Nc1ccc(C#N)cc1. The lowest BCUT2D eigenvalue weighted by molar-refractivity contribution is -0.133. The summed E-state index contributed by atoms with van der Waals surface area (Å²) in [6.07, 6.45) is 3.09. The average Bonchev–Trinajstić information content (AvgIpc) is 2.34. The molecule has 0 radical (unpaired) electrons. The molecule has 1 unspecified atom stereocenters. The summed E-state index contributed by atoms with van der Waals surface area (Å²) < 4.78 is 5.60. The van der Waals surface area contributed by atoms with Crippen molar-refractivity contribution in [2.75, 3.05) is 5.32 Å². The standard InChI is InChI=1S/C14H16N2O2/c1-10(18-13-3-2-4-13)14(17)16-12-7-5-11(9-15)6-8-12/h5-8,10,13H,2-4H2,1H3,(H,16,17). The van der Waals surface area contributed by atoms with Crippen LogP contribution in [0.25, 0.3) is 0 Å². The van der Waals surface area contributed by atoms with E-state index in [1.54, 1.807) is 31.2 Å². The van der Waals surface area contributed by atoms with Crippen molar-refractivity contribution in [1.29, 1.82) is 5.26 Å². The minimum absolute atomic E-state index is 0.147. The molecular weight excluding hydrogens is 228 g/mol. The monoisotopic (exact) mass is 244 g/mol. The summed E-state index contributed by atoms with van der Waals surface area (Å²) >= 11 is 0. The Morgan fingerprint density at radius 1 is 1.44 bits per heavy atom. The molecular formula is C14H16N2O2. The molecule has 1 saturated carbocycles. The van der Waals surface area contributed by atoms with Gasteiger partial charge in [0.25, 0.3) is 5.91 Å². The van der Waals surface area contributed by atoms with Crippen LogP contribution in [0.5, 0.6) is 0 Å². The van der Waals surface area contributed by atoms with Crippen molar-refractivity contribution in [2.45, 2.75) is 38.4 Å². The van der Waals surface area contributed by atoms with Gasteiger partial charge in [-0.25, -0.2) is 0 Å². The highest BCUT2D eigenvalue weighted by Crippen LogP contribution is 2.23. The predicted molar refractivity (Wildman–Crippen MR) is 68.0 cm³/mol. The van der Waals surface area contributed by atoms with Crippen LogP contribution in [0, 0.1) is 11.3 Å². The minimum Gasteiger partial charge on any atom is -0.365 e. The van der Waals surface area contributed by atoms with Gasteiger partial charge in [-0.3, -0.25) is 4.79 Å². The van der Waals surface area contributed by atoms with Crippen molar-refractivity contribution in [3.05, 3.63) is 29.8 Å². The molecule has 1 N–H and O–H groups in total. The van der Waals surface area contributed by atoms with Crippen molar-refractivity contribution < 1.29 is 9.53 Å². The van der Waals surface area contributed by atoms with Crippen molar-refractivity contribution >= 4 is 11.6 Å². The van der Waals surface area contributed by atoms with Gasteiger partial charge in [-0.05, 0) is 50.5 Å². The third kappa shape index (κ3) is 3.08. The number of carbonyl (C=O) groups is 1.